The number of aryl methyl sites for hydroxylation is 1. The second-order valence-corrected chi connectivity index (χ2v) is 8.91. The number of rotatable bonds is 2. The molecule has 7 heteroatoms. The van der Waals surface area contributed by atoms with Crippen molar-refractivity contribution in [1.29, 1.82) is 0 Å². The predicted molar refractivity (Wildman–Crippen MR) is 125 cm³/mol. The second kappa shape index (κ2) is 7.74. The number of nitrogens with one attached hydrogen (secondary N) is 1. The molecule has 0 aliphatic carbocycles. The van der Waals surface area contributed by atoms with Gasteiger partial charge in [0.15, 0.2) is 0 Å². The average Bonchev–Trinajstić information content (AvgIpc) is 3.22. The predicted octanol–water partition coefficient (Wildman–Crippen LogP) is 5.85. The third-order valence-electron chi connectivity index (χ3n) is 6.14. The van der Waals surface area contributed by atoms with Gasteiger partial charge < -0.3 is 10.2 Å². The number of carbonyl (C=O) groups excluding carboxylic acids is 1. The van der Waals surface area contributed by atoms with Crippen LogP contribution in [0, 0.1) is 0 Å². The van der Waals surface area contributed by atoms with Crippen LogP contribution in [0.1, 0.15) is 37.4 Å². The number of amides is 1. The van der Waals surface area contributed by atoms with Crippen molar-refractivity contribution in [2.75, 3.05) is 10.2 Å². The summed E-state index contributed by atoms with van der Waals surface area (Å²) in [5.41, 5.74) is 4.50. The fourth-order valence-electron chi connectivity index (χ4n) is 4.60. The fourth-order valence-corrected chi connectivity index (χ4v) is 4.91. The molecule has 0 saturated carbocycles. The van der Waals surface area contributed by atoms with E-state index in [9.17, 15) is 4.79 Å². The Morgan fingerprint density at radius 3 is 2.74 bits per heavy atom. The molecular formula is C24H22Cl2N4O. The minimum atomic E-state index is -0.408. The molecule has 158 valence electrons. The molecule has 2 aromatic carbocycles. The standard InChI is InChI=1S/C24H22Cl2N4O/c1-14-7-8-16-5-3-4-6-20(16)29(14)24(31)22-15(2)28-21-11-12-27-30(21)23(22)17-9-10-18(25)19(26)13-17/h3-6,9-14,23,28H,7-8H2,1-2H3. The van der Waals surface area contributed by atoms with E-state index in [2.05, 4.69) is 23.4 Å². The summed E-state index contributed by atoms with van der Waals surface area (Å²) < 4.78 is 1.83. The van der Waals surface area contributed by atoms with Crippen LogP contribution in [0.4, 0.5) is 11.5 Å². The van der Waals surface area contributed by atoms with Crippen LogP contribution in [-0.4, -0.2) is 21.7 Å². The third kappa shape index (κ3) is 3.33. The molecule has 0 bridgehead atoms. The largest absolute Gasteiger partial charge is 0.344 e. The highest BCUT2D eigenvalue weighted by atomic mass is 35.5. The smallest absolute Gasteiger partial charge is 0.258 e. The SMILES string of the molecule is CC1=C(C(=O)N2c3ccccc3CCC2C)C(c2ccc(Cl)c(Cl)c2)n2nccc2N1. The molecule has 3 heterocycles. The van der Waals surface area contributed by atoms with Crippen molar-refractivity contribution in [2.24, 2.45) is 0 Å². The molecule has 5 rings (SSSR count). The lowest BCUT2D eigenvalue weighted by atomic mass is 9.91. The van der Waals surface area contributed by atoms with Crippen molar-refractivity contribution in [3.8, 4) is 0 Å². The van der Waals surface area contributed by atoms with E-state index in [0.29, 0.717) is 15.6 Å². The van der Waals surface area contributed by atoms with Gasteiger partial charge in [-0.3, -0.25) is 4.79 Å². The number of halogens is 2. The van der Waals surface area contributed by atoms with Gasteiger partial charge in [-0.1, -0.05) is 47.5 Å². The Labute approximate surface area is 191 Å². The zero-order valence-electron chi connectivity index (χ0n) is 17.3. The second-order valence-electron chi connectivity index (χ2n) is 8.09. The van der Waals surface area contributed by atoms with Crippen molar-refractivity contribution in [3.05, 3.63) is 87.2 Å². The van der Waals surface area contributed by atoms with Gasteiger partial charge in [0, 0.05) is 23.5 Å². The molecule has 0 fully saturated rings. The first-order valence-corrected chi connectivity index (χ1v) is 11.1. The molecule has 1 amide bonds. The number of hydrogen-bond donors (Lipinski definition) is 1. The highest BCUT2D eigenvalue weighted by Crippen LogP contribution is 2.40. The van der Waals surface area contributed by atoms with E-state index >= 15 is 0 Å². The van der Waals surface area contributed by atoms with E-state index in [-0.39, 0.29) is 11.9 Å². The Balaban J connectivity index is 1.66. The molecule has 0 spiro atoms. The Kier molecular flexibility index (Phi) is 5.03. The normalized spacial score (nSPS) is 20.2. The number of benzene rings is 2. The molecule has 0 radical (unpaired) electrons. The molecule has 1 aromatic heterocycles. The summed E-state index contributed by atoms with van der Waals surface area (Å²) in [7, 11) is 0. The van der Waals surface area contributed by atoms with Crippen LogP contribution < -0.4 is 10.2 Å². The summed E-state index contributed by atoms with van der Waals surface area (Å²) in [5, 5.41) is 8.79. The molecular weight excluding hydrogens is 431 g/mol. The minimum absolute atomic E-state index is 0.0260. The maximum absolute atomic E-state index is 14.1. The Morgan fingerprint density at radius 1 is 1.13 bits per heavy atom. The maximum Gasteiger partial charge on any atom is 0.258 e. The molecule has 2 aliphatic heterocycles. The Bertz CT molecular complexity index is 1220. The first kappa shape index (κ1) is 20.2. The van der Waals surface area contributed by atoms with Crippen LogP contribution in [0.5, 0.6) is 0 Å². The quantitative estimate of drug-likeness (QED) is 0.530. The maximum atomic E-state index is 14.1. The zero-order chi connectivity index (χ0) is 21.7. The number of carbonyl (C=O) groups is 1. The van der Waals surface area contributed by atoms with Gasteiger partial charge in [0.1, 0.15) is 11.9 Å². The number of fused-ring (bicyclic) bond motifs is 2. The lowest BCUT2D eigenvalue weighted by Crippen LogP contribution is -2.45. The van der Waals surface area contributed by atoms with Gasteiger partial charge >= 0.3 is 0 Å². The third-order valence-corrected chi connectivity index (χ3v) is 6.88. The van der Waals surface area contributed by atoms with Crippen LogP contribution >= 0.6 is 23.2 Å². The monoisotopic (exact) mass is 452 g/mol. The number of hydrogen-bond acceptors (Lipinski definition) is 3. The summed E-state index contributed by atoms with van der Waals surface area (Å²) >= 11 is 12.5. The number of anilines is 2. The fraction of sp³-hybridized carbons (Fsp3) is 0.250. The van der Waals surface area contributed by atoms with Crippen molar-refractivity contribution in [1.82, 2.24) is 9.78 Å². The summed E-state index contributed by atoms with van der Waals surface area (Å²) in [6, 6.07) is 15.2. The van der Waals surface area contributed by atoms with E-state index in [4.69, 9.17) is 23.2 Å². The number of para-hydroxylation sites is 1. The molecule has 31 heavy (non-hydrogen) atoms. The molecule has 2 aliphatic rings. The van der Waals surface area contributed by atoms with Crippen LogP contribution in [0.2, 0.25) is 10.0 Å². The summed E-state index contributed by atoms with van der Waals surface area (Å²) in [4.78, 5) is 16.1. The van der Waals surface area contributed by atoms with Gasteiger partial charge in [-0.05, 0) is 56.0 Å². The summed E-state index contributed by atoms with van der Waals surface area (Å²) in [5.74, 6) is 0.805. The molecule has 1 N–H and O–H groups in total. The van der Waals surface area contributed by atoms with Gasteiger partial charge in [-0.25, -0.2) is 4.68 Å². The van der Waals surface area contributed by atoms with Crippen molar-refractivity contribution < 1.29 is 4.79 Å². The Morgan fingerprint density at radius 2 is 1.94 bits per heavy atom. The van der Waals surface area contributed by atoms with Gasteiger partial charge in [0.05, 0.1) is 21.8 Å². The average molecular weight is 453 g/mol. The van der Waals surface area contributed by atoms with E-state index < -0.39 is 6.04 Å². The highest BCUT2D eigenvalue weighted by molar-refractivity contribution is 6.42. The van der Waals surface area contributed by atoms with Gasteiger partial charge in [0.25, 0.3) is 5.91 Å². The molecule has 0 saturated heterocycles. The highest BCUT2D eigenvalue weighted by Gasteiger charge is 2.38. The van der Waals surface area contributed by atoms with Crippen molar-refractivity contribution >= 4 is 40.6 Å². The van der Waals surface area contributed by atoms with Gasteiger partial charge in [0.2, 0.25) is 0 Å². The molecule has 2 unspecified atom stereocenters. The summed E-state index contributed by atoms with van der Waals surface area (Å²) in [6.07, 6.45) is 3.62. The molecule has 5 nitrogen and oxygen atoms in total. The first-order chi connectivity index (χ1) is 15.0. The van der Waals surface area contributed by atoms with E-state index in [1.807, 2.05) is 52.9 Å². The van der Waals surface area contributed by atoms with Gasteiger partial charge in [-0.2, -0.15) is 5.10 Å². The first-order valence-electron chi connectivity index (χ1n) is 10.3. The lowest BCUT2D eigenvalue weighted by molar-refractivity contribution is -0.116. The van der Waals surface area contributed by atoms with Crippen molar-refractivity contribution in [3.63, 3.8) is 0 Å². The zero-order valence-corrected chi connectivity index (χ0v) is 18.8. The van der Waals surface area contributed by atoms with Crippen LogP contribution in [0.25, 0.3) is 0 Å². The number of allylic oxidation sites excluding steroid dienone is 1. The van der Waals surface area contributed by atoms with Crippen LogP contribution in [-0.2, 0) is 11.2 Å². The Hall–Kier alpha value is -2.76. The van der Waals surface area contributed by atoms with E-state index in [1.54, 1.807) is 12.3 Å². The van der Waals surface area contributed by atoms with Crippen LogP contribution in [0.15, 0.2) is 66.0 Å². The van der Waals surface area contributed by atoms with E-state index in [0.717, 1.165) is 35.6 Å². The topological polar surface area (TPSA) is 50.2 Å². The number of nitrogens with zero attached hydrogens (tertiary/aromatic N) is 3. The molecule has 3 aromatic rings. The van der Waals surface area contributed by atoms with Gasteiger partial charge in [-0.15, -0.1) is 0 Å². The summed E-state index contributed by atoms with van der Waals surface area (Å²) in [6.45, 7) is 4.04. The molecule has 2 atom stereocenters. The number of aromatic nitrogens is 2. The van der Waals surface area contributed by atoms with E-state index in [1.165, 1.54) is 5.56 Å². The minimum Gasteiger partial charge on any atom is -0.344 e. The van der Waals surface area contributed by atoms with Crippen molar-refractivity contribution in [2.45, 2.75) is 38.8 Å². The lowest BCUT2D eigenvalue weighted by Gasteiger charge is -2.39. The van der Waals surface area contributed by atoms with Crippen LogP contribution in [0.3, 0.4) is 0 Å².